The van der Waals surface area contributed by atoms with E-state index < -0.39 is 0 Å². The molecule has 0 spiro atoms. The van der Waals surface area contributed by atoms with Crippen molar-refractivity contribution in [3.05, 3.63) is 59.4 Å². The molecule has 1 aromatic carbocycles. The van der Waals surface area contributed by atoms with E-state index >= 15 is 0 Å². The third kappa shape index (κ3) is 5.27. The molecule has 3 aromatic rings. The second kappa shape index (κ2) is 8.31. The molecule has 0 aliphatic heterocycles. The maximum atomic E-state index is 12.0. The molecule has 3 rings (SSSR count). The van der Waals surface area contributed by atoms with Crippen molar-refractivity contribution in [1.29, 1.82) is 0 Å². The number of nitrogens with one attached hydrogen (secondary N) is 3. The first-order chi connectivity index (χ1) is 13.0. The largest absolute Gasteiger partial charge is 0.367 e. The van der Waals surface area contributed by atoms with E-state index in [4.69, 9.17) is 0 Å². The van der Waals surface area contributed by atoms with Crippen molar-refractivity contribution in [2.45, 2.75) is 20.8 Å². The number of hydrogen-bond acceptors (Lipinski definition) is 5. The Morgan fingerprint density at radius 2 is 1.78 bits per heavy atom. The van der Waals surface area contributed by atoms with E-state index in [0.717, 1.165) is 22.5 Å². The Morgan fingerprint density at radius 3 is 2.41 bits per heavy atom. The van der Waals surface area contributed by atoms with Crippen LogP contribution in [0.2, 0.25) is 0 Å². The zero-order valence-corrected chi connectivity index (χ0v) is 15.7. The standard InChI is InChI=1S/C19H23N7O/c1-13-10-14(2)12-16(11-13)22-19(27)21-8-7-20-17-4-5-18(24-23-17)26-9-6-15(3)25-26/h4-6,9-12H,7-8H2,1-3H3,(H,20,23)(H2,21,22,27). The molecule has 0 aliphatic rings. The van der Waals surface area contributed by atoms with Gasteiger partial charge >= 0.3 is 6.03 Å². The van der Waals surface area contributed by atoms with E-state index in [-0.39, 0.29) is 6.03 Å². The average Bonchev–Trinajstić information content (AvgIpc) is 3.05. The Bertz CT molecular complexity index is 898. The summed E-state index contributed by atoms with van der Waals surface area (Å²) in [6.07, 6.45) is 1.84. The molecule has 0 unspecified atom stereocenters. The molecule has 2 amide bonds. The number of hydrogen-bond donors (Lipinski definition) is 3. The predicted molar refractivity (Wildman–Crippen MR) is 105 cm³/mol. The Balaban J connectivity index is 1.42. The van der Waals surface area contributed by atoms with E-state index in [1.54, 1.807) is 4.68 Å². The molecule has 0 saturated carbocycles. The van der Waals surface area contributed by atoms with Gasteiger partial charge in [-0.1, -0.05) is 6.07 Å². The summed E-state index contributed by atoms with van der Waals surface area (Å²) in [6.45, 7) is 6.91. The number of benzene rings is 1. The van der Waals surface area contributed by atoms with E-state index in [0.29, 0.717) is 24.7 Å². The molecule has 0 atom stereocenters. The second-order valence-corrected chi connectivity index (χ2v) is 6.36. The number of urea groups is 1. The number of aryl methyl sites for hydroxylation is 3. The highest BCUT2D eigenvalue weighted by atomic mass is 16.2. The molecule has 2 aromatic heterocycles. The molecule has 2 heterocycles. The van der Waals surface area contributed by atoms with Gasteiger partial charge in [-0.25, -0.2) is 9.48 Å². The number of rotatable bonds is 6. The number of amides is 2. The number of carbonyl (C=O) groups excluding carboxylic acids is 1. The second-order valence-electron chi connectivity index (χ2n) is 6.36. The molecule has 0 bridgehead atoms. The van der Waals surface area contributed by atoms with Crippen molar-refractivity contribution >= 4 is 17.5 Å². The zero-order chi connectivity index (χ0) is 19.2. The number of carbonyl (C=O) groups is 1. The SMILES string of the molecule is Cc1cc(C)cc(NC(=O)NCCNc2ccc(-n3ccc(C)n3)nn2)c1. The quantitative estimate of drug-likeness (QED) is 0.584. The first-order valence-corrected chi connectivity index (χ1v) is 8.73. The lowest BCUT2D eigenvalue weighted by atomic mass is 10.1. The van der Waals surface area contributed by atoms with Crippen LogP contribution < -0.4 is 16.0 Å². The summed E-state index contributed by atoms with van der Waals surface area (Å²) in [6, 6.07) is 11.3. The molecule has 8 heteroatoms. The molecule has 8 nitrogen and oxygen atoms in total. The van der Waals surface area contributed by atoms with Gasteiger partial charge in [0.25, 0.3) is 0 Å². The van der Waals surface area contributed by atoms with Gasteiger partial charge in [-0.3, -0.25) is 0 Å². The van der Waals surface area contributed by atoms with Gasteiger partial charge in [-0.2, -0.15) is 5.10 Å². The van der Waals surface area contributed by atoms with Crippen molar-refractivity contribution < 1.29 is 4.79 Å². The topological polar surface area (TPSA) is 96.8 Å². The fourth-order valence-electron chi connectivity index (χ4n) is 2.67. The van der Waals surface area contributed by atoms with Crippen LogP contribution in [0.1, 0.15) is 16.8 Å². The summed E-state index contributed by atoms with van der Waals surface area (Å²) in [7, 11) is 0. The normalized spacial score (nSPS) is 10.5. The minimum absolute atomic E-state index is 0.239. The number of anilines is 2. The van der Waals surface area contributed by atoms with Crippen molar-refractivity contribution in [3.8, 4) is 5.82 Å². The van der Waals surface area contributed by atoms with Gasteiger partial charge in [0.05, 0.1) is 5.69 Å². The minimum Gasteiger partial charge on any atom is -0.367 e. The van der Waals surface area contributed by atoms with Crippen LogP contribution in [0.5, 0.6) is 0 Å². The lowest BCUT2D eigenvalue weighted by Gasteiger charge is -2.10. The summed E-state index contributed by atoms with van der Waals surface area (Å²) in [4.78, 5) is 12.0. The van der Waals surface area contributed by atoms with Crippen LogP contribution in [-0.4, -0.2) is 39.1 Å². The van der Waals surface area contributed by atoms with Gasteiger partial charge in [0.1, 0.15) is 5.82 Å². The van der Waals surface area contributed by atoms with Crippen LogP contribution >= 0.6 is 0 Å². The highest BCUT2D eigenvalue weighted by Gasteiger charge is 2.04. The molecule has 27 heavy (non-hydrogen) atoms. The predicted octanol–water partition coefficient (Wildman–Crippen LogP) is 2.82. The average molecular weight is 365 g/mol. The van der Waals surface area contributed by atoms with Gasteiger partial charge in [0.2, 0.25) is 0 Å². The summed E-state index contributed by atoms with van der Waals surface area (Å²) >= 11 is 0. The van der Waals surface area contributed by atoms with Gasteiger partial charge in [0.15, 0.2) is 5.82 Å². The minimum atomic E-state index is -0.239. The number of nitrogens with zero attached hydrogens (tertiary/aromatic N) is 4. The third-order valence-corrected chi connectivity index (χ3v) is 3.80. The zero-order valence-electron chi connectivity index (χ0n) is 15.7. The van der Waals surface area contributed by atoms with E-state index in [1.807, 2.05) is 57.3 Å². The third-order valence-electron chi connectivity index (χ3n) is 3.80. The van der Waals surface area contributed by atoms with Gasteiger partial charge in [-0.15, -0.1) is 10.2 Å². The van der Waals surface area contributed by atoms with Crippen molar-refractivity contribution in [3.63, 3.8) is 0 Å². The first-order valence-electron chi connectivity index (χ1n) is 8.73. The van der Waals surface area contributed by atoms with Crippen LogP contribution in [0.4, 0.5) is 16.3 Å². The molecular formula is C19H23N7O. The summed E-state index contributed by atoms with van der Waals surface area (Å²) in [5, 5.41) is 21.3. The monoisotopic (exact) mass is 365 g/mol. The molecule has 0 saturated heterocycles. The van der Waals surface area contributed by atoms with Crippen molar-refractivity contribution in [2.24, 2.45) is 0 Å². The molecule has 0 fully saturated rings. The van der Waals surface area contributed by atoms with Crippen LogP contribution in [0.15, 0.2) is 42.6 Å². The van der Waals surface area contributed by atoms with Crippen LogP contribution in [0.25, 0.3) is 5.82 Å². The Hall–Kier alpha value is -3.42. The first kappa shape index (κ1) is 18.4. The fourth-order valence-corrected chi connectivity index (χ4v) is 2.67. The molecular weight excluding hydrogens is 342 g/mol. The Labute approximate surface area is 158 Å². The van der Waals surface area contributed by atoms with Crippen LogP contribution in [0.3, 0.4) is 0 Å². The Morgan fingerprint density at radius 1 is 1.00 bits per heavy atom. The van der Waals surface area contributed by atoms with Gasteiger partial charge in [-0.05, 0) is 62.2 Å². The van der Waals surface area contributed by atoms with Crippen LogP contribution in [-0.2, 0) is 0 Å². The van der Waals surface area contributed by atoms with Crippen molar-refractivity contribution in [2.75, 3.05) is 23.7 Å². The summed E-state index contributed by atoms with van der Waals surface area (Å²) < 4.78 is 1.67. The highest BCUT2D eigenvalue weighted by Crippen LogP contribution is 2.13. The molecule has 140 valence electrons. The van der Waals surface area contributed by atoms with Gasteiger partial charge in [0, 0.05) is 25.0 Å². The van der Waals surface area contributed by atoms with Gasteiger partial charge < -0.3 is 16.0 Å². The van der Waals surface area contributed by atoms with E-state index in [1.165, 1.54) is 0 Å². The highest BCUT2D eigenvalue weighted by molar-refractivity contribution is 5.89. The summed E-state index contributed by atoms with van der Waals surface area (Å²) in [5.41, 5.74) is 3.93. The molecule has 0 radical (unpaired) electrons. The maximum absolute atomic E-state index is 12.0. The van der Waals surface area contributed by atoms with E-state index in [2.05, 4.69) is 37.3 Å². The smallest absolute Gasteiger partial charge is 0.319 e. The number of aromatic nitrogens is 4. The molecule has 0 aliphatic carbocycles. The fraction of sp³-hybridized carbons (Fsp3) is 0.263. The lowest BCUT2D eigenvalue weighted by molar-refractivity contribution is 0.252. The summed E-state index contributed by atoms with van der Waals surface area (Å²) in [5.74, 6) is 1.29. The lowest BCUT2D eigenvalue weighted by Crippen LogP contribution is -2.32. The Kier molecular flexibility index (Phi) is 5.65. The van der Waals surface area contributed by atoms with Crippen molar-refractivity contribution in [1.82, 2.24) is 25.3 Å². The molecule has 3 N–H and O–H groups in total. The van der Waals surface area contributed by atoms with Crippen LogP contribution in [0, 0.1) is 20.8 Å². The van der Waals surface area contributed by atoms with E-state index in [9.17, 15) is 4.79 Å². The maximum Gasteiger partial charge on any atom is 0.319 e.